The van der Waals surface area contributed by atoms with Crippen molar-refractivity contribution in [1.29, 1.82) is 0 Å². The van der Waals surface area contributed by atoms with Gasteiger partial charge in [-0.1, -0.05) is 0 Å². The molecule has 6 nitrogen and oxygen atoms in total. The Kier molecular flexibility index (Phi) is 5.55. The van der Waals surface area contributed by atoms with E-state index in [0.717, 1.165) is 37.0 Å². The van der Waals surface area contributed by atoms with E-state index >= 15 is 0 Å². The molecule has 1 N–H and O–H groups in total. The Bertz CT molecular complexity index is 706. The zero-order valence-electron chi connectivity index (χ0n) is 14.1. The van der Waals surface area contributed by atoms with E-state index in [0.29, 0.717) is 18.8 Å². The van der Waals surface area contributed by atoms with E-state index in [1.54, 1.807) is 19.4 Å². The topological polar surface area (TPSA) is 67.3 Å². The monoisotopic (exact) mass is 344 g/mol. The Hall–Kier alpha value is -2.54. The van der Waals surface area contributed by atoms with Gasteiger partial charge in [-0.05, 0) is 37.1 Å². The average Bonchev–Trinajstić information content (AvgIpc) is 3.12. The van der Waals surface area contributed by atoms with Crippen LogP contribution < -0.4 is 5.32 Å². The Balaban J connectivity index is 1.66. The van der Waals surface area contributed by atoms with E-state index in [1.807, 2.05) is 17.0 Å². The molecule has 1 aliphatic heterocycles. The molecular formula is C18H21FN4O2. The minimum Gasteiger partial charge on any atom is -0.384 e. The summed E-state index contributed by atoms with van der Waals surface area (Å²) in [7, 11) is 1.60. The molecule has 0 bridgehead atoms. The van der Waals surface area contributed by atoms with Gasteiger partial charge in [0, 0.05) is 13.7 Å². The summed E-state index contributed by atoms with van der Waals surface area (Å²) >= 11 is 0. The lowest BCUT2D eigenvalue weighted by Crippen LogP contribution is -2.31. The van der Waals surface area contributed by atoms with Crippen LogP contribution in [0.25, 0.3) is 0 Å². The van der Waals surface area contributed by atoms with E-state index in [2.05, 4.69) is 15.3 Å². The standard InChI is InChI=1S/C18H21FN4O2/c1-25-10-8-18(24)23-9-2-3-16(23)15-6-5-14(12-20-15)22-17-7-4-13(19)11-21-17/h4-7,11-12,16H,2-3,8-10H2,1H3,(H,21,22)/t16-/m0/s1. The number of carbonyl (C=O) groups excluding carboxylic acids is 1. The highest BCUT2D eigenvalue weighted by molar-refractivity contribution is 5.77. The molecule has 0 unspecified atom stereocenters. The number of amides is 1. The second-order valence-corrected chi connectivity index (χ2v) is 5.95. The number of hydrogen-bond donors (Lipinski definition) is 1. The van der Waals surface area contributed by atoms with Gasteiger partial charge in [-0.15, -0.1) is 0 Å². The number of nitrogens with zero attached hydrogens (tertiary/aromatic N) is 3. The molecule has 1 fully saturated rings. The van der Waals surface area contributed by atoms with Crippen LogP contribution in [0.2, 0.25) is 0 Å². The normalized spacial score (nSPS) is 16.9. The summed E-state index contributed by atoms with van der Waals surface area (Å²) in [5.74, 6) is 0.274. The third kappa shape index (κ3) is 4.30. The first-order chi connectivity index (χ1) is 12.2. The van der Waals surface area contributed by atoms with Gasteiger partial charge in [-0.25, -0.2) is 9.37 Å². The number of halogens is 1. The van der Waals surface area contributed by atoms with Crippen molar-refractivity contribution in [2.24, 2.45) is 0 Å². The van der Waals surface area contributed by atoms with Gasteiger partial charge in [0.05, 0.1) is 42.8 Å². The zero-order chi connectivity index (χ0) is 17.6. The van der Waals surface area contributed by atoms with Crippen LogP contribution >= 0.6 is 0 Å². The van der Waals surface area contributed by atoms with Crippen LogP contribution in [0, 0.1) is 5.82 Å². The fourth-order valence-electron chi connectivity index (χ4n) is 2.98. The second-order valence-electron chi connectivity index (χ2n) is 5.95. The van der Waals surface area contributed by atoms with Crippen LogP contribution in [0.5, 0.6) is 0 Å². The van der Waals surface area contributed by atoms with Crippen LogP contribution in [0.3, 0.4) is 0 Å². The smallest absolute Gasteiger partial charge is 0.225 e. The molecule has 0 spiro atoms. The minimum atomic E-state index is -0.376. The van der Waals surface area contributed by atoms with Crippen LogP contribution in [0.4, 0.5) is 15.9 Å². The molecule has 0 saturated carbocycles. The fourth-order valence-corrected chi connectivity index (χ4v) is 2.98. The van der Waals surface area contributed by atoms with Crippen molar-refractivity contribution in [3.05, 3.63) is 48.2 Å². The first-order valence-electron chi connectivity index (χ1n) is 8.30. The second kappa shape index (κ2) is 8.02. The highest BCUT2D eigenvalue weighted by Crippen LogP contribution is 2.31. The third-order valence-corrected chi connectivity index (χ3v) is 4.22. The van der Waals surface area contributed by atoms with E-state index in [-0.39, 0.29) is 17.8 Å². The maximum atomic E-state index is 12.9. The van der Waals surface area contributed by atoms with Gasteiger partial charge in [-0.2, -0.15) is 0 Å². The van der Waals surface area contributed by atoms with Gasteiger partial charge in [0.15, 0.2) is 0 Å². The van der Waals surface area contributed by atoms with Gasteiger partial charge in [0.25, 0.3) is 0 Å². The number of pyridine rings is 2. The number of rotatable bonds is 6. The number of hydrogen-bond acceptors (Lipinski definition) is 5. The number of likely N-dealkylation sites (tertiary alicyclic amines) is 1. The SMILES string of the molecule is COCCC(=O)N1CCC[C@H]1c1ccc(Nc2ccc(F)cn2)cn1. The average molecular weight is 344 g/mol. The third-order valence-electron chi connectivity index (χ3n) is 4.22. The summed E-state index contributed by atoms with van der Waals surface area (Å²) in [6.07, 6.45) is 5.15. The molecule has 3 rings (SSSR count). The van der Waals surface area contributed by atoms with Crippen molar-refractivity contribution < 1.29 is 13.9 Å². The molecule has 1 aliphatic rings. The van der Waals surface area contributed by atoms with Crippen LogP contribution in [-0.4, -0.2) is 41.0 Å². The molecule has 25 heavy (non-hydrogen) atoms. The van der Waals surface area contributed by atoms with E-state index in [1.165, 1.54) is 6.07 Å². The zero-order valence-corrected chi connectivity index (χ0v) is 14.1. The van der Waals surface area contributed by atoms with Crippen molar-refractivity contribution >= 4 is 17.4 Å². The molecule has 132 valence electrons. The van der Waals surface area contributed by atoms with Gasteiger partial charge >= 0.3 is 0 Å². The molecule has 2 aromatic heterocycles. The molecule has 0 radical (unpaired) electrons. The minimum absolute atomic E-state index is 0.0161. The molecule has 1 amide bonds. The van der Waals surface area contributed by atoms with Gasteiger partial charge < -0.3 is 15.0 Å². The fraction of sp³-hybridized carbons (Fsp3) is 0.389. The number of anilines is 2. The Morgan fingerprint density at radius 2 is 2.20 bits per heavy atom. The van der Waals surface area contributed by atoms with Crippen molar-refractivity contribution in [2.45, 2.75) is 25.3 Å². The summed E-state index contributed by atoms with van der Waals surface area (Å²) < 4.78 is 17.9. The summed E-state index contributed by atoms with van der Waals surface area (Å²) in [4.78, 5) is 22.6. The lowest BCUT2D eigenvalue weighted by atomic mass is 10.1. The van der Waals surface area contributed by atoms with Crippen molar-refractivity contribution in [2.75, 3.05) is 25.6 Å². The molecule has 7 heteroatoms. The quantitative estimate of drug-likeness (QED) is 0.872. The van der Waals surface area contributed by atoms with Crippen LogP contribution in [0.15, 0.2) is 36.7 Å². The van der Waals surface area contributed by atoms with Gasteiger partial charge in [0.2, 0.25) is 5.91 Å². The maximum Gasteiger partial charge on any atom is 0.225 e. The number of aromatic nitrogens is 2. The molecular weight excluding hydrogens is 323 g/mol. The van der Waals surface area contributed by atoms with E-state index < -0.39 is 0 Å². The van der Waals surface area contributed by atoms with Gasteiger partial charge in [0.1, 0.15) is 11.6 Å². The predicted octanol–water partition coefficient (Wildman–Crippen LogP) is 3.06. The summed E-state index contributed by atoms with van der Waals surface area (Å²) in [6, 6.07) is 6.74. The Morgan fingerprint density at radius 3 is 2.88 bits per heavy atom. The summed E-state index contributed by atoms with van der Waals surface area (Å²) in [5.41, 5.74) is 1.64. The Morgan fingerprint density at radius 1 is 1.32 bits per heavy atom. The first kappa shape index (κ1) is 17.3. The van der Waals surface area contributed by atoms with E-state index in [4.69, 9.17) is 4.74 Å². The number of ether oxygens (including phenoxy) is 1. The molecule has 0 aromatic carbocycles. The molecule has 2 aromatic rings. The number of nitrogens with one attached hydrogen (secondary N) is 1. The molecule has 3 heterocycles. The van der Waals surface area contributed by atoms with Crippen LogP contribution in [0.1, 0.15) is 31.0 Å². The largest absolute Gasteiger partial charge is 0.384 e. The maximum absolute atomic E-state index is 12.9. The highest BCUT2D eigenvalue weighted by atomic mass is 19.1. The summed E-state index contributed by atoms with van der Waals surface area (Å²) in [5, 5.41) is 3.07. The molecule has 1 atom stereocenters. The lowest BCUT2D eigenvalue weighted by molar-refractivity contribution is -0.133. The highest BCUT2D eigenvalue weighted by Gasteiger charge is 2.30. The first-order valence-corrected chi connectivity index (χ1v) is 8.30. The van der Waals surface area contributed by atoms with Crippen LogP contribution in [-0.2, 0) is 9.53 Å². The molecule has 1 saturated heterocycles. The molecule has 0 aliphatic carbocycles. The lowest BCUT2D eigenvalue weighted by Gasteiger charge is -2.24. The van der Waals surface area contributed by atoms with Gasteiger partial charge in [-0.3, -0.25) is 9.78 Å². The number of carbonyl (C=O) groups is 1. The predicted molar refractivity (Wildman–Crippen MR) is 91.9 cm³/mol. The van der Waals surface area contributed by atoms with Crippen molar-refractivity contribution in [1.82, 2.24) is 14.9 Å². The van der Waals surface area contributed by atoms with E-state index in [9.17, 15) is 9.18 Å². The summed E-state index contributed by atoms with van der Waals surface area (Å²) in [6.45, 7) is 1.19. The van der Waals surface area contributed by atoms with Crippen molar-refractivity contribution in [3.8, 4) is 0 Å². The number of methoxy groups -OCH3 is 1. The Labute approximate surface area is 146 Å². The van der Waals surface area contributed by atoms with Crippen molar-refractivity contribution in [3.63, 3.8) is 0 Å².